The number of aromatic nitrogens is 1. The van der Waals surface area contributed by atoms with E-state index in [1.54, 1.807) is 0 Å². The van der Waals surface area contributed by atoms with E-state index >= 15 is 0 Å². The Morgan fingerprint density at radius 1 is 0.359 bits per heavy atom. The smallest absolute Gasteiger partial charge is 0.0542 e. The molecule has 0 bridgehead atoms. The van der Waals surface area contributed by atoms with Crippen molar-refractivity contribution in [2.24, 2.45) is 0 Å². The third kappa shape index (κ3) is 7.13. The van der Waals surface area contributed by atoms with Gasteiger partial charge in [-0.1, -0.05) is 134 Å². The molecule has 64 heavy (non-hydrogen) atoms. The average molecular weight is 821 g/mol. The number of hydrogen-bond acceptors (Lipinski definition) is 3. The van der Waals surface area contributed by atoms with E-state index in [1.807, 2.05) is 6.07 Å². The van der Waals surface area contributed by atoms with Gasteiger partial charge in [0, 0.05) is 68.0 Å². The Morgan fingerprint density at radius 3 is 1.44 bits per heavy atom. The minimum atomic E-state index is 0.955. The van der Waals surface area contributed by atoms with Gasteiger partial charge < -0.3 is 19.3 Å². The van der Waals surface area contributed by atoms with Crippen LogP contribution in [0.5, 0.6) is 0 Å². The van der Waals surface area contributed by atoms with Crippen LogP contribution in [0.15, 0.2) is 262 Å². The molecule has 1 aliphatic heterocycles. The SMILES string of the molecule is C=C1/C=C\C=C/N(c2ccccc2)c2ccc(N(c3ccccc3)c3ccc(-c4ccc(N(c5ccccc5)c5ccc6c(c5)c5ccccc5n6-c5ccccc5)cc4)cc3)cc21. The largest absolute Gasteiger partial charge is 0.317 e. The molecule has 0 saturated heterocycles. The lowest BCUT2D eigenvalue weighted by Gasteiger charge is -2.29. The first kappa shape index (κ1) is 38.3. The molecule has 1 aliphatic rings. The third-order valence-electron chi connectivity index (χ3n) is 12.1. The summed E-state index contributed by atoms with van der Waals surface area (Å²) in [6.45, 7) is 4.49. The lowest BCUT2D eigenvalue weighted by Crippen LogP contribution is -2.14. The predicted octanol–water partition coefficient (Wildman–Crippen LogP) is 16.6. The van der Waals surface area contributed by atoms with E-state index in [4.69, 9.17) is 0 Å². The zero-order valence-corrected chi connectivity index (χ0v) is 35.2. The van der Waals surface area contributed by atoms with Gasteiger partial charge in [0.05, 0.1) is 16.7 Å². The number of fused-ring (bicyclic) bond motifs is 4. The zero-order valence-electron chi connectivity index (χ0n) is 35.2. The first-order chi connectivity index (χ1) is 31.7. The van der Waals surface area contributed by atoms with Crippen molar-refractivity contribution in [3.8, 4) is 16.8 Å². The third-order valence-corrected chi connectivity index (χ3v) is 12.1. The Kier molecular flexibility index (Phi) is 10.00. The summed E-state index contributed by atoms with van der Waals surface area (Å²) in [5, 5.41) is 2.45. The monoisotopic (exact) mass is 820 g/mol. The average Bonchev–Trinajstić information content (AvgIpc) is 3.69. The van der Waals surface area contributed by atoms with Gasteiger partial charge >= 0.3 is 0 Å². The first-order valence-corrected chi connectivity index (χ1v) is 21.7. The summed E-state index contributed by atoms with van der Waals surface area (Å²) in [5.41, 5.74) is 16.5. The fourth-order valence-electron chi connectivity index (χ4n) is 9.03. The minimum absolute atomic E-state index is 0.955. The number of anilines is 8. The standard InChI is InChI=1S/C60H44N4/c1-44-18-16-17-41-61(47-19-6-2-7-20-47)58-39-37-53(42-56(44)58)62(48-21-8-3-9-22-48)51-33-29-45(30-34-51)46-31-35-52(36-32-46)63(49-23-10-4-11-24-49)54-38-40-60-57(43-54)55-27-14-15-28-59(55)64(60)50-25-12-5-13-26-50/h2-43H,1H2/b18-16-,41-17-. The summed E-state index contributed by atoms with van der Waals surface area (Å²) in [7, 11) is 0. The number of rotatable bonds is 9. The normalized spacial score (nSPS) is 13.2. The lowest BCUT2D eigenvalue weighted by atomic mass is 10.00. The molecular weight excluding hydrogens is 777 g/mol. The molecule has 1 aromatic heterocycles. The van der Waals surface area contributed by atoms with Gasteiger partial charge in [0.15, 0.2) is 0 Å². The molecule has 0 amide bonds. The predicted molar refractivity (Wildman–Crippen MR) is 271 cm³/mol. The summed E-state index contributed by atoms with van der Waals surface area (Å²) in [5.74, 6) is 0. The highest BCUT2D eigenvalue weighted by molar-refractivity contribution is 6.10. The van der Waals surface area contributed by atoms with Crippen LogP contribution in [-0.2, 0) is 0 Å². The van der Waals surface area contributed by atoms with E-state index in [9.17, 15) is 0 Å². The van der Waals surface area contributed by atoms with Crippen LogP contribution in [0.2, 0.25) is 0 Å². The fourth-order valence-corrected chi connectivity index (χ4v) is 9.03. The summed E-state index contributed by atoms with van der Waals surface area (Å²) in [6, 6.07) is 82.3. The van der Waals surface area contributed by atoms with Crippen molar-refractivity contribution < 1.29 is 0 Å². The van der Waals surface area contributed by atoms with Crippen molar-refractivity contribution in [3.05, 3.63) is 267 Å². The number of benzene rings is 9. The van der Waals surface area contributed by atoms with E-state index in [2.05, 4.69) is 275 Å². The van der Waals surface area contributed by atoms with Crippen molar-refractivity contribution in [3.63, 3.8) is 0 Å². The molecule has 4 nitrogen and oxygen atoms in total. The van der Waals surface area contributed by atoms with E-state index in [0.29, 0.717) is 0 Å². The van der Waals surface area contributed by atoms with Crippen LogP contribution < -0.4 is 14.7 Å². The highest BCUT2D eigenvalue weighted by Crippen LogP contribution is 2.43. The van der Waals surface area contributed by atoms with Gasteiger partial charge in [-0.05, 0) is 138 Å². The Labute approximate surface area is 374 Å². The molecule has 0 spiro atoms. The van der Waals surface area contributed by atoms with Gasteiger partial charge in [-0.15, -0.1) is 0 Å². The van der Waals surface area contributed by atoms with Crippen LogP contribution >= 0.6 is 0 Å². The summed E-state index contributed by atoms with van der Waals surface area (Å²) < 4.78 is 2.36. The van der Waals surface area contributed by atoms with Crippen LogP contribution in [0.3, 0.4) is 0 Å². The second kappa shape index (κ2) is 16.7. The Bertz CT molecular complexity index is 3320. The Morgan fingerprint density at radius 2 is 0.828 bits per heavy atom. The molecule has 9 aromatic carbocycles. The van der Waals surface area contributed by atoms with Gasteiger partial charge in [-0.25, -0.2) is 0 Å². The van der Waals surface area contributed by atoms with Crippen LogP contribution in [0, 0.1) is 0 Å². The summed E-state index contributed by atoms with van der Waals surface area (Å²) >= 11 is 0. The molecule has 4 heteroatoms. The van der Waals surface area contributed by atoms with Gasteiger partial charge in [0.2, 0.25) is 0 Å². The molecule has 0 atom stereocenters. The van der Waals surface area contributed by atoms with Crippen LogP contribution in [0.4, 0.5) is 45.5 Å². The molecule has 0 N–H and O–H groups in total. The summed E-state index contributed by atoms with van der Waals surface area (Å²) in [6.07, 6.45) is 8.31. The Balaban J connectivity index is 0.937. The quantitative estimate of drug-likeness (QED) is 0.144. The van der Waals surface area contributed by atoms with Crippen molar-refractivity contribution >= 4 is 72.9 Å². The van der Waals surface area contributed by atoms with Crippen LogP contribution in [-0.4, -0.2) is 4.57 Å². The molecule has 0 radical (unpaired) electrons. The van der Waals surface area contributed by atoms with Crippen molar-refractivity contribution in [2.45, 2.75) is 0 Å². The molecule has 0 unspecified atom stereocenters. The minimum Gasteiger partial charge on any atom is -0.317 e. The molecule has 2 heterocycles. The van der Waals surface area contributed by atoms with Gasteiger partial charge in [-0.2, -0.15) is 0 Å². The zero-order chi connectivity index (χ0) is 42.8. The van der Waals surface area contributed by atoms with Crippen molar-refractivity contribution in [1.29, 1.82) is 0 Å². The van der Waals surface area contributed by atoms with Crippen LogP contribution in [0.25, 0.3) is 44.2 Å². The van der Waals surface area contributed by atoms with Crippen LogP contribution in [0.1, 0.15) is 5.56 Å². The number of hydrogen-bond donors (Lipinski definition) is 0. The van der Waals surface area contributed by atoms with E-state index in [-0.39, 0.29) is 0 Å². The fraction of sp³-hybridized carbons (Fsp3) is 0. The van der Waals surface area contributed by atoms with Crippen molar-refractivity contribution in [2.75, 3.05) is 14.7 Å². The van der Waals surface area contributed by atoms with E-state index in [0.717, 1.165) is 73.4 Å². The van der Waals surface area contributed by atoms with Gasteiger partial charge in [0.25, 0.3) is 0 Å². The number of para-hydroxylation sites is 5. The molecule has 0 fully saturated rings. The topological polar surface area (TPSA) is 14.7 Å². The highest BCUT2D eigenvalue weighted by atomic mass is 15.2. The van der Waals surface area contributed by atoms with E-state index in [1.165, 1.54) is 21.8 Å². The number of allylic oxidation sites excluding steroid dienone is 4. The maximum atomic E-state index is 4.49. The second-order valence-corrected chi connectivity index (χ2v) is 16.0. The molecule has 11 rings (SSSR count). The Hall–Kier alpha value is -8.60. The molecule has 0 aliphatic carbocycles. The highest BCUT2D eigenvalue weighted by Gasteiger charge is 2.20. The van der Waals surface area contributed by atoms with E-state index < -0.39 is 0 Å². The molecule has 0 saturated carbocycles. The second-order valence-electron chi connectivity index (χ2n) is 16.0. The first-order valence-electron chi connectivity index (χ1n) is 21.7. The number of nitrogens with zero attached hydrogens (tertiary/aromatic N) is 4. The van der Waals surface area contributed by atoms with Gasteiger partial charge in [0.1, 0.15) is 0 Å². The van der Waals surface area contributed by atoms with Gasteiger partial charge in [-0.3, -0.25) is 0 Å². The molecule has 10 aromatic rings. The molecular formula is C60H44N4. The maximum absolute atomic E-state index is 4.49. The molecule has 304 valence electrons. The maximum Gasteiger partial charge on any atom is 0.0542 e. The van der Waals surface area contributed by atoms with Crippen molar-refractivity contribution in [1.82, 2.24) is 4.57 Å². The lowest BCUT2D eigenvalue weighted by molar-refractivity contribution is 1.18. The summed E-state index contributed by atoms with van der Waals surface area (Å²) in [4.78, 5) is 6.89.